The third kappa shape index (κ3) is 2.21. The second-order valence-corrected chi connectivity index (χ2v) is 7.85. The van der Waals surface area contributed by atoms with Crippen LogP contribution in [-0.4, -0.2) is 34.6 Å². The van der Waals surface area contributed by atoms with E-state index in [0.717, 1.165) is 18.7 Å². The van der Waals surface area contributed by atoms with Crippen LogP contribution in [0, 0.1) is 0 Å². The molecule has 124 valence electrons. The summed E-state index contributed by atoms with van der Waals surface area (Å²) < 4.78 is 0. The Labute approximate surface area is 146 Å². The Morgan fingerprint density at radius 3 is 2.71 bits per heavy atom. The van der Waals surface area contributed by atoms with Gasteiger partial charge in [0, 0.05) is 24.1 Å². The number of nitrogens with zero attached hydrogens (tertiary/aromatic N) is 3. The zero-order valence-corrected chi connectivity index (χ0v) is 14.5. The molecule has 1 aromatic carbocycles. The molecule has 5 rings (SSSR count). The summed E-state index contributed by atoms with van der Waals surface area (Å²) in [6.45, 7) is 0.851. The first-order valence-corrected chi connectivity index (χ1v) is 9.84. The monoisotopic (exact) mass is 339 g/mol. The van der Waals surface area contributed by atoms with Crippen molar-refractivity contribution in [3.8, 4) is 0 Å². The highest BCUT2D eigenvalue weighted by Gasteiger charge is 2.42. The van der Waals surface area contributed by atoms with E-state index in [2.05, 4.69) is 34.6 Å². The van der Waals surface area contributed by atoms with E-state index >= 15 is 0 Å². The molecule has 1 saturated carbocycles. The molecule has 0 aromatic heterocycles. The lowest BCUT2D eigenvalue weighted by Crippen LogP contribution is -2.38. The zero-order valence-electron chi connectivity index (χ0n) is 13.6. The molecule has 4 nitrogen and oxygen atoms in total. The van der Waals surface area contributed by atoms with Crippen LogP contribution in [0.4, 0.5) is 5.69 Å². The van der Waals surface area contributed by atoms with Gasteiger partial charge in [-0.15, -0.1) is 0 Å². The number of amidine groups is 1. The number of aliphatic imine (C=N–C) groups is 1. The largest absolute Gasteiger partial charge is 0.315 e. The molecule has 0 N–H and O–H groups in total. The van der Waals surface area contributed by atoms with E-state index in [1.807, 2.05) is 4.90 Å². The fourth-order valence-electron chi connectivity index (χ4n) is 4.36. The van der Waals surface area contributed by atoms with Crippen LogP contribution in [0.15, 0.2) is 34.7 Å². The molecule has 2 fully saturated rings. The van der Waals surface area contributed by atoms with Gasteiger partial charge >= 0.3 is 0 Å². The topological polar surface area (TPSA) is 35.9 Å². The second kappa shape index (κ2) is 5.66. The summed E-state index contributed by atoms with van der Waals surface area (Å²) in [6, 6.07) is 9.54. The molecule has 0 bridgehead atoms. The first kappa shape index (κ1) is 14.6. The normalized spacial score (nSPS) is 28.8. The molecule has 24 heavy (non-hydrogen) atoms. The van der Waals surface area contributed by atoms with E-state index < -0.39 is 0 Å². The number of amides is 1. The number of rotatable bonds is 2. The number of anilines is 1. The molecule has 3 heterocycles. The van der Waals surface area contributed by atoms with Crippen molar-refractivity contribution >= 4 is 34.2 Å². The average Bonchev–Trinajstić information content (AvgIpc) is 3.29. The van der Waals surface area contributed by atoms with Gasteiger partial charge in [0.05, 0.1) is 17.8 Å². The van der Waals surface area contributed by atoms with Crippen molar-refractivity contribution in [3.05, 3.63) is 35.2 Å². The first-order valence-electron chi connectivity index (χ1n) is 8.96. The smallest absolute Gasteiger partial charge is 0.227 e. The number of hydrogen-bond acceptors (Lipinski definition) is 4. The zero-order chi connectivity index (χ0) is 16.1. The standard InChI is InChI=1S/C19H21N3OS/c23-18-6-3-11-21(18)14-9-7-13(8-10-14)17-12-24-19-20-15-4-1-2-5-16(15)22(17)19/h7-10,12,15-16H,1-6,11H2/t15-,16-/m1/s1. The highest BCUT2D eigenvalue weighted by Crippen LogP contribution is 2.44. The summed E-state index contributed by atoms with van der Waals surface area (Å²) >= 11 is 1.76. The lowest BCUT2D eigenvalue weighted by atomic mass is 9.90. The predicted molar refractivity (Wildman–Crippen MR) is 98.9 cm³/mol. The lowest BCUT2D eigenvalue weighted by Gasteiger charge is -2.32. The molecule has 1 amide bonds. The van der Waals surface area contributed by atoms with Crippen LogP contribution in [0.3, 0.4) is 0 Å². The minimum Gasteiger partial charge on any atom is -0.315 e. The lowest BCUT2D eigenvalue weighted by molar-refractivity contribution is -0.117. The van der Waals surface area contributed by atoms with Gasteiger partial charge in [-0.05, 0) is 37.0 Å². The molecule has 5 heteroatoms. The van der Waals surface area contributed by atoms with Gasteiger partial charge in [0.1, 0.15) is 0 Å². The molecule has 1 aromatic rings. The van der Waals surface area contributed by atoms with E-state index in [-0.39, 0.29) is 5.91 Å². The molecular weight excluding hydrogens is 318 g/mol. The number of benzene rings is 1. The Bertz CT molecular complexity index is 739. The van der Waals surface area contributed by atoms with Gasteiger partial charge < -0.3 is 9.80 Å². The van der Waals surface area contributed by atoms with Crippen molar-refractivity contribution in [1.82, 2.24) is 4.90 Å². The van der Waals surface area contributed by atoms with Gasteiger partial charge in [-0.25, -0.2) is 0 Å². The summed E-state index contributed by atoms with van der Waals surface area (Å²) in [6.07, 6.45) is 6.76. The molecule has 0 spiro atoms. The van der Waals surface area contributed by atoms with Crippen LogP contribution in [0.5, 0.6) is 0 Å². The van der Waals surface area contributed by atoms with E-state index in [1.165, 1.54) is 42.1 Å². The number of carbonyl (C=O) groups excluding carboxylic acids is 1. The van der Waals surface area contributed by atoms with Gasteiger partial charge in [-0.3, -0.25) is 9.79 Å². The summed E-state index contributed by atoms with van der Waals surface area (Å²) in [5.41, 5.74) is 3.54. The van der Waals surface area contributed by atoms with E-state index in [9.17, 15) is 4.79 Å². The van der Waals surface area contributed by atoms with Crippen molar-refractivity contribution in [2.75, 3.05) is 11.4 Å². The predicted octanol–water partition coefficient (Wildman–Crippen LogP) is 3.84. The Morgan fingerprint density at radius 2 is 1.92 bits per heavy atom. The molecule has 1 aliphatic carbocycles. The van der Waals surface area contributed by atoms with Crippen molar-refractivity contribution < 1.29 is 4.79 Å². The summed E-state index contributed by atoms with van der Waals surface area (Å²) in [7, 11) is 0. The molecule has 1 saturated heterocycles. The van der Waals surface area contributed by atoms with Crippen LogP contribution in [0.1, 0.15) is 44.1 Å². The first-order chi connectivity index (χ1) is 11.8. The van der Waals surface area contributed by atoms with Crippen LogP contribution in [0.2, 0.25) is 0 Å². The Kier molecular flexibility index (Phi) is 3.44. The number of carbonyl (C=O) groups is 1. The average molecular weight is 339 g/mol. The summed E-state index contributed by atoms with van der Waals surface area (Å²) in [5, 5.41) is 3.42. The molecule has 0 radical (unpaired) electrons. The van der Waals surface area contributed by atoms with Gasteiger partial charge in [-0.2, -0.15) is 0 Å². The highest BCUT2D eigenvalue weighted by atomic mass is 32.2. The fourth-order valence-corrected chi connectivity index (χ4v) is 5.37. The van der Waals surface area contributed by atoms with Gasteiger partial charge in [0.2, 0.25) is 5.91 Å². The van der Waals surface area contributed by atoms with E-state index in [4.69, 9.17) is 4.99 Å². The Morgan fingerprint density at radius 1 is 1.08 bits per heavy atom. The SMILES string of the molecule is O=C1CCCN1c1ccc(C2=CSC3=N[C@@H]4CCCC[C@H]4N23)cc1. The summed E-state index contributed by atoms with van der Waals surface area (Å²) in [5.74, 6) is 0.248. The van der Waals surface area contributed by atoms with Crippen molar-refractivity contribution in [1.29, 1.82) is 0 Å². The van der Waals surface area contributed by atoms with Gasteiger partial charge in [-0.1, -0.05) is 36.7 Å². The number of hydrogen-bond donors (Lipinski definition) is 0. The highest BCUT2D eigenvalue weighted by molar-refractivity contribution is 8.16. The van der Waals surface area contributed by atoms with Gasteiger partial charge in [0.15, 0.2) is 5.17 Å². The maximum atomic E-state index is 11.9. The Balaban J connectivity index is 1.41. The van der Waals surface area contributed by atoms with Crippen molar-refractivity contribution in [2.45, 2.75) is 50.6 Å². The van der Waals surface area contributed by atoms with E-state index in [1.54, 1.807) is 11.8 Å². The van der Waals surface area contributed by atoms with Crippen molar-refractivity contribution in [3.63, 3.8) is 0 Å². The molecule has 4 aliphatic rings. The van der Waals surface area contributed by atoms with Crippen LogP contribution in [0.25, 0.3) is 5.70 Å². The quantitative estimate of drug-likeness (QED) is 0.821. The molecule has 3 aliphatic heterocycles. The molecule has 2 atom stereocenters. The van der Waals surface area contributed by atoms with Crippen LogP contribution < -0.4 is 4.90 Å². The summed E-state index contributed by atoms with van der Waals surface area (Å²) in [4.78, 5) is 21.2. The van der Waals surface area contributed by atoms with Gasteiger partial charge in [0.25, 0.3) is 0 Å². The maximum Gasteiger partial charge on any atom is 0.227 e. The van der Waals surface area contributed by atoms with Crippen molar-refractivity contribution in [2.24, 2.45) is 4.99 Å². The third-order valence-corrected chi connectivity index (χ3v) is 6.45. The molecular formula is C19H21N3OS. The van der Waals surface area contributed by atoms with Crippen LogP contribution >= 0.6 is 11.8 Å². The molecule has 0 unspecified atom stereocenters. The van der Waals surface area contributed by atoms with E-state index in [0.29, 0.717) is 18.5 Å². The minimum absolute atomic E-state index is 0.248. The number of thioether (sulfide) groups is 1. The number of fused-ring (bicyclic) bond motifs is 3. The minimum atomic E-state index is 0.248. The maximum absolute atomic E-state index is 11.9. The third-order valence-electron chi connectivity index (χ3n) is 5.59. The Hall–Kier alpha value is -1.75. The second-order valence-electron chi connectivity index (χ2n) is 7.02. The fraction of sp³-hybridized carbons (Fsp3) is 0.474. The van der Waals surface area contributed by atoms with Crippen LogP contribution in [-0.2, 0) is 4.79 Å².